The van der Waals surface area contributed by atoms with E-state index in [4.69, 9.17) is 38.6 Å². The van der Waals surface area contributed by atoms with Gasteiger partial charge in [-0.15, -0.1) is 0 Å². The van der Waals surface area contributed by atoms with E-state index in [1.807, 2.05) is 74.5 Å². The average molecular weight is 777 g/mol. The SMILES string of the molecule is C[C@@H](OC(=O)[C@@H]1C[C@H]2CC[C@@H]1O2)c1ccccc1.C[C@@H](OC(=O)[C@H]1C[C@@H]2CC[C@H]1O2)c1ccccc1.O=C(O)[C@@H]1C[C@H]2CC[C@@H]1O2.O=C(O)[C@H]1C[C@@H]2CC[C@H]1O2. The second-order valence-electron chi connectivity index (χ2n) is 16.5. The molecule has 14 atom stereocenters. The van der Waals surface area contributed by atoms with E-state index >= 15 is 0 Å². The molecule has 0 aliphatic carbocycles. The molecule has 0 amide bonds. The number of ether oxygens (including phenoxy) is 6. The number of rotatable bonds is 8. The number of hydrogen-bond acceptors (Lipinski definition) is 10. The maximum absolute atomic E-state index is 12.1. The number of carbonyl (C=O) groups is 4. The first kappa shape index (κ1) is 40.4. The van der Waals surface area contributed by atoms with Gasteiger partial charge in [0.25, 0.3) is 0 Å². The van der Waals surface area contributed by atoms with Crippen molar-refractivity contribution >= 4 is 23.9 Å². The zero-order valence-electron chi connectivity index (χ0n) is 32.3. The van der Waals surface area contributed by atoms with Gasteiger partial charge in [-0.2, -0.15) is 0 Å². The molecule has 304 valence electrons. The fraction of sp³-hybridized carbons (Fsp3) is 0.636. The Kier molecular flexibility index (Phi) is 13.1. The van der Waals surface area contributed by atoms with Crippen LogP contribution < -0.4 is 0 Å². The summed E-state index contributed by atoms with van der Waals surface area (Å²) in [4.78, 5) is 45.3. The first-order valence-electron chi connectivity index (χ1n) is 20.6. The molecule has 8 aliphatic rings. The molecule has 12 heteroatoms. The molecule has 10 rings (SSSR count). The van der Waals surface area contributed by atoms with Crippen molar-refractivity contribution in [2.24, 2.45) is 23.7 Å². The van der Waals surface area contributed by atoms with E-state index in [0.29, 0.717) is 12.2 Å². The number of benzene rings is 2. The van der Waals surface area contributed by atoms with Crippen molar-refractivity contribution in [1.82, 2.24) is 0 Å². The van der Waals surface area contributed by atoms with E-state index in [-0.39, 0.29) is 84.4 Å². The van der Waals surface area contributed by atoms with E-state index in [1.165, 1.54) is 0 Å². The molecule has 0 spiro atoms. The van der Waals surface area contributed by atoms with Crippen LogP contribution in [0.2, 0.25) is 0 Å². The third-order valence-electron chi connectivity index (χ3n) is 12.8. The lowest BCUT2D eigenvalue weighted by atomic mass is 9.89. The molecule has 8 aliphatic heterocycles. The molecular formula is C44H56O12. The van der Waals surface area contributed by atoms with Gasteiger partial charge in [0.05, 0.1) is 72.5 Å². The number of fused-ring (bicyclic) bond motifs is 8. The second kappa shape index (κ2) is 18.2. The van der Waals surface area contributed by atoms with E-state index in [1.54, 1.807) is 0 Å². The van der Waals surface area contributed by atoms with Gasteiger partial charge in [-0.1, -0.05) is 60.7 Å². The molecule has 0 aromatic heterocycles. The summed E-state index contributed by atoms with van der Waals surface area (Å²) in [7, 11) is 0. The van der Waals surface area contributed by atoms with Crippen molar-refractivity contribution in [2.45, 2.75) is 152 Å². The van der Waals surface area contributed by atoms with Crippen molar-refractivity contribution in [1.29, 1.82) is 0 Å². The van der Waals surface area contributed by atoms with Gasteiger partial charge in [0.15, 0.2) is 0 Å². The van der Waals surface area contributed by atoms with Gasteiger partial charge in [0, 0.05) is 0 Å². The molecule has 12 nitrogen and oxygen atoms in total. The number of carboxylic acid groups (broad SMARTS) is 2. The monoisotopic (exact) mass is 776 g/mol. The normalized spacial score (nSPS) is 35.9. The van der Waals surface area contributed by atoms with Gasteiger partial charge >= 0.3 is 23.9 Å². The predicted molar refractivity (Wildman–Crippen MR) is 201 cm³/mol. The Bertz CT molecular complexity index is 1530. The minimum absolute atomic E-state index is 0.0301. The first-order chi connectivity index (χ1) is 27.0. The third kappa shape index (κ3) is 9.64. The molecular weight excluding hydrogens is 720 g/mol. The van der Waals surface area contributed by atoms with E-state index in [0.717, 1.165) is 88.2 Å². The highest BCUT2D eigenvalue weighted by Crippen LogP contribution is 2.42. The van der Waals surface area contributed by atoms with Crippen LogP contribution in [-0.2, 0) is 47.6 Å². The summed E-state index contributed by atoms with van der Waals surface area (Å²) in [5.74, 6) is -2.08. The van der Waals surface area contributed by atoms with Crippen molar-refractivity contribution < 1.29 is 57.8 Å². The molecule has 8 fully saturated rings. The zero-order valence-corrected chi connectivity index (χ0v) is 32.3. The summed E-state index contributed by atoms with van der Waals surface area (Å²) in [6.45, 7) is 3.84. The molecule has 8 heterocycles. The molecule has 0 radical (unpaired) electrons. The number of hydrogen-bond donors (Lipinski definition) is 2. The Hall–Kier alpha value is -3.84. The van der Waals surface area contributed by atoms with Crippen LogP contribution in [0.4, 0.5) is 0 Å². The van der Waals surface area contributed by atoms with Gasteiger partial charge in [0.2, 0.25) is 0 Å². The van der Waals surface area contributed by atoms with Gasteiger partial charge in [0.1, 0.15) is 12.2 Å². The van der Waals surface area contributed by atoms with Crippen LogP contribution in [0.5, 0.6) is 0 Å². The zero-order chi connectivity index (χ0) is 39.3. The highest BCUT2D eigenvalue weighted by molar-refractivity contribution is 5.75. The lowest BCUT2D eigenvalue weighted by Gasteiger charge is -2.20. The molecule has 56 heavy (non-hydrogen) atoms. The quantitative estimate of drug-likeness (QED) is 0.265. The Morgan fingerprint density at radius 1 is 0.482 bits per heavy atom. The van der Waals surface area contributed by atoms with Crippen LogP contribution in [0.25, 0.3) is 0 Å². The van der Waals surface area contributed by atoms with Gasteiger partial charge in [-0.3, -0.25) is 19.2 Å². The number of aliphatic carboxylic acids is 2. The van der Waals surface area contributed by atoms with Crippen LogP contribution in [-0.4, -0.2) is 82.9 Å². The lowest BCUT2D eigenvalue weighted by molar-refractivity contribution is -0.156. The van der Waals surface area contributed by atoms with Crippen LogP contribution in [0.1, 0.15) is 114 Å². The largest absolute Gasteiger partial charge is 0.481 e. The fourth-order valence-electron chi connectivity index (χ4n) is 9.67. The molecule has 8 saturated heterocycles. The number of carboxylic acids is 2. The highest BCUT2D eigenvalue weighted by atomic mass is 16.6. The maximum Gasteiger partial charge on any atom is 0.312 e. The highest BCUT2D eigenvalue weighted by Gasteiger charge is 2.48. The van der Waals surface area contributed by atoms with Crippen LogP contribution >= 0.6 is 0 Å². The lowest BCUT2D eigenvalue weighted by Crippen LogP contribution is -2.27. The summed E-state index contributed by atoms with van der Waals surface area (Å²) in [6, 6.07) is 19.7. The minimum atomic E-state index is -0.688. The predicted octanol–water partition coefficient (Wildman–Crippen LogP) is 6.99. The molecule has 2 aromatic carbocycles. The molecule has 0 unspecified atom stereocenters. The molecule has 8 bridgehead atoms. The maximum atomic E-state index is 12.1. The van der Waals surface area contributed by atoms with Crippen molar-refractivity contribution in [3.05, 3.63) is 71.8 Å². The van der Waals surface area contributed by atoms with Crippen molar-refractivity contribution in [3.63, 3.8) is 0 Å². The second-order valence-corrected chi connectivity index (χ2v) is 16.5. The minimum Gasteiger partial charge on any atom is -0.481 e. The number of esters is 2. The first-order valence-corrected chi connectivity index (χ1v) is 20.6. The average Bonchev–Trinajstić information content (AvgIpc) is 4.09. The van der Waals surface area contributed by atoms with E-state index < -0.39 is 11.9 Å². The molecule has 2 aromatic rings. The van der Waals surface area contributed by atoms with Crippen molar-refractivity contribution in [2.75, 3.05) is 0 Å². The Morgan fingerprint density at radius 3 is 0.982 bits per heavy atom. The van der Waals surface area contributed by atoms with Crippen LogP contribution in [0.15, 0.2) is 60.7 Å². The topological polar surface area (TPSA) is 164 Å². The summed E-state index contributed by atoms with van der Waals surface area (Å²) >= 11 is 0. The Labute approximate surface area is 328 Å². The summed E-state index contributed by atoms with van der Waals surface area (Å²) in [5, 5.41) is 17.3. The fourth-order valence-corrected chi connectivity index (χ4v) is 9.67. The standard InChI is InChI=1S/2C15H18O3.2C7H10O3/c2*1-10(11-5-3-2-4-6-11)17-15(16)13-9-12-7-8-14(13)18-12;2*8-7(9)5-3-4-1-2-6(5)10-4/h2*2-6,10,12-14H,7-9H2,1H3;2*4-6H,1-3H2,(H,8,9)/t10-,12+,13+,14-;10-,12-,13-,14+;2*4-,5-,6+/m1110/s1. The molecule has 0 saturated carbocycles. The van der Waals surface area contributed by atoms with Crippen LogP contribution in [0, 0.1) is 23.7 Å². The van der Waals surface area contributed by atoms with Crippen molar-refractivity contribution in [3.8, 4) is 0 Å². The smallest absolute Gasteiger partial charge is 0.312 e. The molecule has 2 N–H and O–H groups in total. The van der Waals surface area contributed by atoms with E-state index in [2.05, 4.69) is 0 Å². The van der Waals surface area contributed by atoms with Gasteiger partial charge < -0.3 is 38.6 Å². The number of carbonyl (C=O) groups excluding carboxylic acids is 2. The third-order valence-corrected chi connectivity index (χ3v) is 12.8. The summed E-state index contributed by atoms with van der Waals surface area (Å²) < 4.78 is 33.2. The van der Waals surface area contributed by atoms with Gasteiger partial charge in [-0.25, -0.2) is 0 Å². The van der Waals surface area contributed by atoms with Crippen LogP contribution in [0.3, 0.4) is 0 Å². The van der Waals surface area contributed by atoms with E-state index in [9.17, 15) is 19.2 Å². The summed E-state index contributed by atoms with van der Waals surface area (Å²) in [6.07, 6.45) is 12.4. The summed E-state index contributed by atoms with van der Waals surface area (Å²) in [5.41, 5.74) is 2.07. The Morgan fingerprint density at radius 2 is 0.768 bits per heavy atom. The van der Waals surface area contributed by atoms with Gasteiger partial charge in [-0.05, 0) is 102 Å². The Balaban J connectivity index is 0.000000119.